The van der Waals surface area contributed by atoms with Gasteiger partial charge in [0.15, 0.2) is 0 Å². The molecule has 0 spiro atoms. The summed E-state index contributed by atoms with van der Waals surface area (Å²) < 4.78 is 35.6. The molecule has 0 aromatic carbocycles. The zero-order valence-corrected chi connectivity index (χ0v) is 8.89. The Kier molecular flexibility index (Phi) is 4.58. The third kappa shape index (κ3) is 4.38. The quantitative estimate of drug-likeness (QED) is 0.783. The van der Waals surface area contributed by atoms with Crippen LogP contribution in [-0.4, -0.2) is 29.8 Å². The molecule has 2 unspecified atom stereocenters. The molecule has 1 aliphatic carbocycles. The zero-order chi connectivity index (χ0) is 12.2. The van der Waals surface area contributed by atoms with E-state index < -0.39 is 24.9 Å². The number of rotatable bonds is 4. The van der Waals surface area contributed by atoms with Crippen LogP contribution < -0.4 is 5.32 Å². The van der Waals surface area contributed by atoms with Crippen LogP contribution in [0.4, 0.5) is 13.2 Å². The summed E-state index contributed by atoms with van der Waals surface area (Å²) in [5.74, 6) is -0.586. The van der Waals surface area contributed by atoms with Gasteiger partial charge in [-0.25, -0.2) is 0 Å². The summed E-state index contributed by atoms with van der Waals surface area (Å²) in [6.45, 7) is -0.0236. The molecule has 94 valence electrons. The summed E-state index contributed by atoms with van der Waals surface area (Å²) in [4.78, 5) is 11.2. The number of hydrogen-bond acceptors (Lipinski definition) is 2. The molecule has 0 aliphatic heterocycles. The van der Waals surface area contributed by atoms with Crippen molar-refractivity contribution in [3.8, 4) is 0 Å². The van der Waals surface area contributed by atoms with E-state index in [2.05, 4.69) is 5.32 Å². The van der Waals surface area contributed by atoms with E-state index in [0.717, 1.165) is 19.3 Å². The Labute approximate surface area is 92.0 Å². The predicted molar refractivity (Wildman–Crippen MR) is 51.6 cm³/mol. The molecule has 0 aromatic rings. The highest BCUT2D eigenvalue weighted by Crippen LogP contribution is 2.26. The number of nitrogens with one attached hydrogen (secondary N) is 1. The second-order valence-electron chi connectivity index (χ2n) is 4.16. The maximum atomic E-state index is 11.9. The third-order valence-corrected chi connectivity index (χ3v) is 2.88. The average Bonchev–Trinajstić information content (AvgIpc) is 2.61. The lowest BCUT2D eigenvalue weighted by molar-refractivity contribution is -0.144. The van der Waals surface area contributed by atoms with Gasteiger partial charge < -0.3 is 10.4 Å². The van der Waals surface area contributed by atoms with Gasteiger partial charge in [-0.15, -0.1) is 0 Å². The normalized spacial score (nSPS) is 25.8. The predicted octanol–water partition coefficient (Wildman–Crippen LogP) is 1.61. The van der Waals surface area contributed by atoms with E-state index in [0.29, 0.717) is 0 Å². The van der Waals surface area contributed by atoms with Crippen LogP contribution in [0, 0.1) is 5.92 Å². The van der Waals surface area contributed by atoms with Crippen LogP contribution in [0.3, 0.4) is 0 Å². The molecule has 3 nitrogen and oxygen atoms in total. The highest BCUT2D eigenvalue weighted by molar-refractivity contribution is 5.76. The van der Waals surface area contributed by atoms with Gasteiger partial charge in [0.05, 0.1) is 6.42 Å². The zero-order valence-electron chi connectivity index (χ0n) is 8.89. The molecule has 1 saturated carbocycles. The first kappa shape index (κ1) is 13.3. The maximum absolute atomic E-state index is 11.9. The molecule has 0 radical (unpaired) electrons. The summed E-state index contributed by atoms with van der Waals surface area (Å²) in [6.07, 6.45) is -3.45. The van der Waals surface area contributed by atoms with E-state index in [1.54, 1.807) is 0 Å². The fraction of sp³-hybridized carbons (Fsp3) is 0.900. The first-order chi connectivity index (χ1) is 7.42. The Morgan fingerprint density at radius 3 is 2.62 bits per heavy atom. The van der Waals surface area contributed by atoms with E-state index in [9.17, 15) is 18.0 Å². The molecule has 1 fully saturated rings. The molecule has 6 heteroatoms. The molecule has 2 atom stereocenters. The minimum absolute atomic E-state index is 0.00478. The molecule has 2 N–H and O–H groups in total. The second kappa shape index (κ2) is 5.52. The number of carbonyl (C=O) groups is 1. The summed E-state index contributed by atoms with van der Waals surface area (Å²) in [5.41, 5.74) is 0. The summed E-state index contributed by atoms with van der Waals surface area (Å²) in [5, 5.41) is 11.5. The fourth-order valence-electron chi connectivity index (χ4n) is 1.98. The molecular weight excluding hydrogens is 223 g/mol. The van der Waals surface area contributed by atoms with Gasteiger partial charge in [0, 0.05) is 25.0 Å². The van der Waals surface area contributed by atoms with E-state index in [1.807, 2.05) is 0 Å². The van der Waals surface area contributed by atoms with Gasteiger partial charge in [-0.1, -0.05) is 6.42 Å². The van der Waals surface area contributed by atoms with Crippen molar-refractivity contribution in [2.45, 2.75) is 44.3 Å². The first-order valence-corrected chi connectivity index (χ1v) is 5.39. The van der Waals surface area contributed by atoms with Crippen LogP contribution in [0.1, 0.15) is 32.1 Å². The molecule has 1 aliphatic rings. The molecule has 0 aromatic heterocycles. The van der Waals surface area contributed by atoms with E-state index >= 15 is 0 Å². The summed E-state index contributed by atoms with van der Waals surface area (Å²) in [7, 11) is 0. The number of aliphatic hydroxyl groups excluding tert-OH is 1. The topological polar surface area (TPSA) is 49.3 Å². The minimum atomic E-state index is -4.29. The Hall–Kier alpha value is -0.780. The Balaban J connectivity index is 2.28. The monoisotopic (exact) mass is 239 g/mol. The molecular formula is C10H16F3NO2. The number of hydrogen-bond donors (Lipinski definition) is 2. The van der Waals surface area contributed by atoms with Crippen molar-refractivity contribution in [2.75, 3.05) is 6.61 Å². The highest BCUT2D eigenvalue weighted by atomic mass is 19.4. The summed E-state index contributed by atoms with van der Waals surface area (Å²) in [6, 6.07) is -0.161. The fourth-order valence-corrected chi connectivity index (χ4v) is 1.98. The van der Waals surface area contributed by atoms with Gasteiger partial charge in [-0.05, 0) is 12.8 Å². The van der Waals surface area contributed by atoms with E-state index in [-0.39, 0.29) is 18.6 Å². The molecule has 1 rings (SSSR count). The smallest absolute Gasteiger partial charge is 0.389 e. The first-order valence-electron chi connectivity index (χ1n) is 5.39. The summed E-state index contributed by atoms with van der Waals surface area (Å²) >= 11 is 0. The number of halogens is 3. The van der Waals surface area contributed by atoms with Crippen molar-refractivity contribution in [3.63, 3.8) is 0 Å². The van der Waals surface area contributed by atoms with Crippen molar-refractivity contribution >= 4 is 5.91 Å². The van der Waals surface area contributed by atoms with Crippen molar-refractivity contribution < 1.29 is 23.1 Å². The number of alkyl halides is 3. The third-order valence-electron chi connectivity index (χ3n) is 2.88. The van der Waals surface area contributed by atoms with Crippen LogP contribution in [0.2, 0.25) is 0 Å². The molecule has 0 heterocycles. The average molecular weight is 239 g/mol. The Bertz CT molecular complexity index is 243. The largest absolute Gasteiger partial charge is 0.396 e. The van der Waals surface area contributed by atoms with Crippen molar-refractivity contribution in [2.24, 2.45) is 5.92 Å². The molecule has 1 amide bonds. The minimum Gasteiger partial charge on any atom is -0.396 e. The Morgan fingerprint density at radius 1 is 1.38 bits per heavy atom. The molecule has 16 heavy (non-hydrogen) atoms. The maximum Gasteiger partial charge on any atom is 0.389 e. The van der Waals surface area contributed by atoms with Gasteiger partial charge in [-0.3, -0.25) is 4.79 Å². The number of amides is 1. The van der Waals surface area contributed by atoms with E-state index in [4.69, 9.17) is 5.11 Å². The van der Waals surface area contributed by atoms with Gasteiger partial charge >= 0.3 is 6.18 Å². The number of carbonyl (C=O) groups excluding carboxylic acids is 1. The Morgan fingerprint density at radius 2 is 2.06 bits per heavy atom. The molecule has 0 saturated heterocycles. The van der Waals surface area contributed by atoms with Crippen LogP contribution in [0.15, 0.2) is 0 Å². The van der Waals surface area contributed by atoms with Gasteiger partial charge in [0.25, 0.3) is 0 Å². The van der Waals surface area contributed by atoms with Gasteiger partial charge in [0.1, 0.15) is 0 Å². The van der Waals surface area contributed by atoms with Crippen LogP contribution in [0.5, 0.6) is 0 Å². The molecule has 0 bridgehead atoms. The van der Waals surface area contributed by atoms with Crippen LogP contribution in [0.25, 0.3) is 0 Å². The van der Waals surface area contributed by atoms with Crippen LogP contribution in [-0.2, 0) is 4.79 Å². The lowest BCUT2D eigenvalue weighted by Crippen LogP contribution is -2.38. The van der Waals surface area contributed by atoms with Gasteiger partial charge in [0.2, 0.25) is 5.91 Å². The standard InChI is InChI=1S/C10H16F3NO2/c11-10(12,13)5-4-9(16)14-8-3-1-2-7(8)6-15/h7-8,15H,1-6H2,(H,14,16). The van der Waals surface area contributed by atoms with Crippen molar-refractivity contribution in [3.05, 3.63) is 0 Å². The lowest BCUT2D eigenvalue weighted by Gasteiger charge is -2.19. The van der Waals surface area contributed by atoms with Crippen LogP contribution >= 0.6 is 0 Å². The second-order valence-corrected chi connectivity index (χ2v) is 4.16. The number of aliphatic hydroxyl groups is 1. The lowest BCUT2D eigenvalue weighted by atomic mass is 10.0. The van der Waals surface area contributed by atoms with Crippen molar-refractivity contribution in [1.29, 1.82) is 0 Å². The van der Waals surface area contributed by atoms with Gasteiger partial charge in [-0.2, -0.15) is 13.2 Å². The van der Waals surface area contributed by atoms with Crippen molar-refractivity contribution in [1.82, 2.24) is 5.32 Å². The highest BCUT2D eigenvalue weighted by Gasteiger charge is 2.31. The SMILES string of the molecule is O=C(CCC(F)(F)F)NC1CCCC1CO. The van der Waals surface area contributed by atoms with E-state index in [1.165, 1.54) is 0 Å².